The summed E-state index contributed by atoms with van der Waals surface area (Å²) in [7, 11) is 0. The molecule has 2 heterocycles. The minimum absolute atomic E-state index is 0.269. The average molecular weight is 249 g/mol. The van der Waals surface area contributed by atoms with Crippen molar-refractivity contribution in [3.63, 3.8) is 0 Å². The van der Waals surface area contributed by atoms with E-state index in [0.717, 1.165) is 0 Å². The monoisotopic (exact) mass is 248 g/mol. The molecule has 86 valence electrons. The standard InChI is InChI=1S/C11H9ClN4O/c12-7-1-2-10(15-5-7)11(17)16-9-3-4-14-6-8(9)13/h1-6H,13H2,(H,14,16,17). The Morgan fingerprint density at radius 1 is 1.29 bits per heavy atom. The van der Waals surface area contributed by atoms with Crippen molar-refractivity contribution in [2.24, 2.45) is 0 Å². The molecule has 1 amide bonds. The quantitative estimate of drug-likeness (QED) is 0.851. The lowest BCUT2D eigenvalue weighted by molar-refractivity contribution is 0.102. The lowest BCUT2D eigenvalue weighted by atomic mass is 10.3. The third kappa shape index (κ3) is 2.70. The number of hydrogen-bond donors (Lipinski definition) is 2. The number of rotatable bonds is 2. The van der Waals surface area contributed by atoms with E-state index >= 15 is 0 Å². The summed E-state index contributed by atoms with van der Waals surface area (Å²) < 4.78 is 0. The van der Waals surface area contributed by atoms with Crippen molar-refractivity contribution in [1.82, 2.24) is 9.97 Å². The predicted molar refractivity (Wildman–Crippen MR) is 65.8 cm³/mol. The molecule has 2 rings (SSSR count). The SMILES string of the molecule is Nc1cnccc1NC(=O)c1ccc(Cl)cn1. The lowest BCUT2D eigenvalue weighted by Gasteiger charge is -2.06. The van der Waals surface area contributed by atoms with Gasteiger partial charge in [0.05, 0.1) is 22.6 Å². The van der Waals surface area contributed by atoms with E-state index < -0.39 is 0 Å². The lowest BCUT2D eigenvalue weighted by Crippen LogP contribution is -2.14. The normalized spacial score (nSPS) is 9.94. The van der Waals surface area contributed by atoms with Gasteiger partial charge in [0.2, 0.25) is 0 Å². The molecule has 2 aromatic heterocycles. The Morgan fingerprint density at radius 3 is 2.76 bits per heavy atom. The summed E-state index contributed by atoms with van der Waals surface area (Å²) in [4.78, 5) is 19.5. The van der Waals surface area contributed by atoms with Gasteiger partial charge < -0.3 is 11.1 Å². The van der Waals surface area contributed by atoms with Crippen LogP contribution >= 0.6 is 11.6 Å². The highest BCUT2D eigenvalue weighted by Crippen LogP contribution is 2.16. The Balaban J connectivity index is 2.17. The number of hydrogen-bond acceptors (Lipinski definition) is 4. The summed E-state index contributed by atoms with van der Waals surface area (Å²) in [6.45, 7) is 0. The van der Waals surface area contributed by atoms with Crippen LogP contribution in [0.4, 0.5) is 11.4 Å². The maximum atomic E-state index is 11.8. The number of nitrogen functional groups attached to an aromatic ring is 1. The van der Waals surface area contributed by atoms with Gasteiger partial charge in [-0.3, -0.25) is 9.78 Å². The topological polar surface area (TPSA) is 80.9 Å². The maximum absolute atomic E-state index is 11.8. The Kier molecular flexibility index (Phi) is 3.20. The number of anilines is 2. The van der Waals surface area contributed by atoms with Gasteiger partial charge in [-0.05, 0) is 18.2 Å². The van der Waals surface area contributed by atoms with Gasteiger partial charge in [-0.25, -0.2) is 4.98 Å². The molecule has 0 radical (unpaired) electrons. The minimum atomic E-state index is -0.348. The fourth-order valence-electron chi connectivity index (χ4n) is 1.22. The summed E-state index contributed by atoms with van der Waals surface area (Å²) in [6, 6.07) is 4.75. The second-order valence-corrected chi connectivity index (χ2v) is 3.72. The van der Waals surface area contributed by atoms with Crippen LogP contribution in [0.1, 0.15) is 10.5 Å². The number of carbonyl (C=O) groups excluding carboxylic acids is 1. The smallest absolute Gasteiger partial charge is 0.274 e. The molecule has 0 saturated heterocycles. The first-order valence-electron chi connectivity index (χ1n) is 4.79. The molecule has 0 atom stereocenters. The second-order valence-electron chi connectivity index (χ2n) is 3.28. The number of aromatic nitrogens is 2. The first-order chi connectivity index (χ1) is 8.16. The molecular formula is C11H9ClN4O. The van der Waals surface area contributed by atoms with Crippen LogP contribution in [0.5, 0.6) is 0 Å². The van der Waals surface area contributed by atoms with Gasteiger partial charge in [0.25, 0.3) is 5.91 Å². The summed E-state index contributed by atoms with van der Waals surface area (Å²) in [6.07, 6.45) is 4.42. The number of nitrogens with two attached hydrogens (primary N) is 1. The van der Waals surface area contributed by atoms with Crippen LogP contribution in [0.3, 0.4) is 0 Å². The first-order valence-corrected chi connectivity index (χ1v) is 5.17. The van der Waals surface area contributed by atoms with Gasteiger partial charge in [0.1, 0.15) is 5.69 Å². The first kappa shape index (κ1) is 11.3. The van der Waals surface area contributed by atoms with Crippen molar-refractivity contribution in [2.75, 3.05) is 11.1 Å². The average Bonchev–Trinajstić information content (AvgIpc) is 2.33. The largest absolute Gasteiger partial charge is 0.396 e. The van der Waals surface area contributed by atoms with E-state index in [0.29, 0.717) is 16.4 Å². The number of nitrogens with one attached hydrogen (secondary N) is 1. The molecule has 0 unspecified atom stereocenters. The molecule has 5 nitrogen and oxygen atoms in total. The van der Waals surface area contributed by atoms with Crippen molar-refractivity contribution < 1.29 is 4.79 Å². The van der Waals surface area contributed by atoms with Crippen molar-refractivity contribution in [1.29, 1.82) is 0 Å². The predicted octanol–water partition coefficient (Wildman–Crippen LogP) is 1.96. The molecule has 0 bridgehead atoms. The van der Waals surface area contributed by atoms with Crippen LogP contribution in [0.2, 0.25) is 5.02 Å². The van der Waals surface area contributed by atoms with Crippen LogP contribution in [-0.2, 0) is 0 Å². The van der Waals surface area contributed by atoms with Crippen LogP contribution < -0.4 is 11.1 Å². The van der Waals surface area contributed by atoms with Crippen LogP contribution in [0.15, 0.2) is 36.8 Å². The molecule has 0 aliphatic heterocycles. The van der Waals surface area contributed by atoms with Crippen molar-refractivity contribution in [3.8, 4) is 0 Å². The van der Waals surface area contributed by atoms with E-state index in [1.54, 1.807) is 18.3 Å². The molecule has 0 aromatic carbocycles. The maximum Gasteiger partial charge on any atom is 0.274 e. The van der Waals surface area contributed by atoms with Crippen molar-refractivity contribution in [2.45, 2.75) is 0 Å². The van der Waals surface area contributed by atoms with Gasteiger partial charge in [0, 0.05) is 12.4 Å². The van der Waals surface area contributed by atoms with Gasteiger partial charge in [0.15, 0.2) is 0 Å². The van der Waals surface area contributed by atoms with Crippen molar-refractivity contribution >= 4 is 28.9 Å². The zero-order chi connectivity index (χ0) is 12.3. The third-order valence-corrected chi connectivity index (χ3v) is 2.28. The number of pyridine rings is 2. The number of amides is 1. The van der Waals surface area contributed by atoms with Gasteiger partial charge in [-0.1, -0.05) is 11.6 Å². The van der Waals surface area contributed by atoms with E-state index in [1.165, 1.54) is 18.5 Å². The van der Waals surface area contributed by atoms with Crippen molar-refractivity contribution in [3.05, 3.63) is 47.5 Å². The van der Waals surface area contributed by atoms with Crippen LogP contribution in [0.25, 0.3) is 0 Å². The van der Waals surface area contributed by atoms with Gasteiger partial charge >= 0.3 is 0 Å². The van der Waals surface area contributed by atoms with E-state index in [-0.39, 0.29) is 11.6 Å². The number of halogens is 1. The summed E-state index contributed by atoms with van der Waals surface area (Å²) >= 11 is 5.68. The van der Waals surface area contributed by atoms with Gasteiger partial charge in [-0.2, -0.15) is 0 Å². The molecule has 0 saturated carbocycles. The number of carbonyl (C=O) groups is 1. The molecule has 0 spiro atoms. The van der Waals surface area contributed by atoms with E-state index in [4.69, 9.17) is 17.3 Å². The zero-order valence-electron chi connectivity index (χ0n) is 8.72. The Bertz CT molecular complexity index is 541. The van der Waals surface area contributed by atoms with Crippen LogP contribution in [0, 0.1) is 0 Å². The van der Waals surface area contributed by atoms with Gasteiger partial charge in [-0.15, -0.1) is 0 Å². The highest BCUT2D eigenvalue weighted by atomic mass is 35.5. The van der Waals surface area contributed by atoms with E-state index in [9.17, 15) is 4.79 Å². The Morgan fingerprint density at radius 2 is 2.12 bits per heavy atom. The molecule has 17 heavy (non-hydrogen) atoms. The molecule has 0 fully saturated rings. The van der Waals surface area contributed by atoms with E-state index in [2.05, 4.69) is 15.3 Å². The number of nitrogens with zero attached hydrogens (tertiary/aromatic N) is 2. The highest BCUT2D eigenvalue weighted by molar-refractivity contribution is 6.30. The zero-order valence-corrected chi connectivity index (χ0v) is 9.48. The molecule has 0 aliphatic carbocycles. The molecule has 6 heteroatoms. The van der Waals surface area contributed by atoms with E-state index in [1.807, 2.05) is 0 Å². The molecule has 0 aliphatic rings. The highest BCUT2D eigenvalue weighted by Gasteiger charge is 2.08. The molecule has 2 aromatic rings. The Labute approximate surface area is 103 Å². The second kappa shape index (κ2) is 4.80. The fraction of sp³-hybridized carbons (Fsp3) is 0. The summed E-state index contributed by atoms with van der Waals surface area (Å²) in [5, 5.41) is 3.11. The molecule has 3 N–H and O–H groups in total. The fourth-order valence-corrected chi connectivity index (χ4v) is 1.33. The molecular weight excluding hydrogens is 240 g/mol. The Hall–Kier alpha value is -2.14. The summed E-state index contributed by atoms with van der Waals surface area (Å²) in [5.41, 5.74) is 6.82. The summed E-state index contributed by atoms with van der Waals surface area (Å²) in [5.74, 6) is -0.348. The minimum Gasteiger partial charge on any atom is -0.396 e. The third-order valence-electron chi connectivity index (χ3n) is 2.06. The van der Waals surface area contributed by atoms with Crippen LogP contribution in [-0.4, -0.2) is 15.9 Å².